The molecule has 2 aliphatic rings. The number of halogens is 1. The average molecular weight is 378 g/mol. The maximum atomic E-state index is 13.5. The molecule has 5 rings (SSSR count). The Balaban J connectivity index is 1.67. The lowest BCUT2D eigenvalue weighted by Gasteiger charge is -2.16. The lowest BCUT2D eigenvalue weighted by atomic mass is 10.0. The van der Waals surface area contributed by atoms with Gasteiger partial charge in [0.1, 0.15) is 6.17 Å². The van der Waals surface area contributed by atoms with Crippen LogP contribution in [0.5, 0.6) is 0 Å². The summed E-state index contributed by atoms with van der Waals surface area (Å²) in [7, 11) is 0. The molecule has 0 radical (unpaired) electrons. The maximum Gasteiger partial charge on any atom is 0.163 e. The first-order valence-corrected chi connectivity index (χ1v) is 10.0. The van der Waals surface area contributed by atoms with Gasteiger partial charge in [0.25, 0.3) is 0 Å². The van der Waals surface area contributed by atoms with Gasteiger partial charge < -0.3 is 4.57 Å². The van der Waals surface area contributed by atoms with Gasteiger partial charge >= 0.3 is 0 Å². The van der Waals surface area contributed by atoms with Gasteiger partial charge in [0, 0.05) is 65.5 Å². The lowest BCUT2D eigenvalue weighted by Crippen LogP contribution is -2.25. The van der Waals surface area contributed by atoms with E-state index < -0.39 is 6.17 Å². The predicted octanol–water partition coefficient (Wildman–Crippen LogP) is 4.17. The fourth-order valence-corrected chi connectivity index (χ4v) is 4.85. The van der Waals surface area contributed by atoms with Crippen LogP contribution >= 0.6 is 0 Å². The Morgan fingerprint density at radius 1 is 1.14 bits per heavy atom. The summed E-state index contributed by atoms with van der Waals surface area (Å²) in [4.78, 5) is 26.4. The minimum atomic E-state index is -0.717. The number of carbonyl (C=O) groups excluding carboxylic acids is 2. The zero-order valence-electron chi connectivity index (χ0n) is 16.0. The maximum absolute atomic E-state index is 13.5. The minimum Gasteiger partial charge on any atom is -0.339 e. The molecule has 0 saturated carbocycles. The van der Waals surface area contributed by atoms with E-state index in [2.05, 4.69) is 9.47 Å². The Morgan fingerprint density at radius 2 is 1.96 bits per heavy atom. The van der Waals surface area contributed by atoms with Crippen molar-refractivity contribution >= 4 is 33.4 Å². The van der Waals surface area contributed by atoms with Crippen molar-refractivity contribution in [2.75, 3.05) is 19.6 Å². The third-order valence-electron chi connectivity index (χ3n) is 6.30. The van der Waals surface area contributed by atoms with Crippen molar-refractivity contribution in [1.29, 1.82) is 0 Å². The van der Waals surface area contributed by atoms with Crippen LogP contribution in [-0.2, 0) is 13.0 Å². The van der Waals surface area contributed by atoms with Crippen molar-refractivity contribution < 1.29 is 14.0 Å². The van der Waals surface area contributed by atoms with E-state index in [1.165, 1.54) is 0 Å². The molecule has 1 atom stereocenters. The minimum absolute atomic E-state index is 0.0394. The molecule has 5 heteroatoms. The molecule has 1 saturated heterocycles. The van der Waals surface area contributed by atoms with Crippen LogP contribution in [0.4, 0.5) is 4.39 Å². The Labute approximate surface area is 162 Å². The quantitative estimate of drug-likeness (QED) is 0.640. The topological polar surface area (TPSA) is 42.3 Å². The van der Waals surface area contributed by atoms with Crippen molar-refractivity contribution in [2.45, 2.75) is 38.9 Å². The van der Waals surface area contributed by atoms with Crippen molar-refractivity contribution in [3.05, 3.63) is 47.0 Å². The van der Waals surface area contributed by atoms with E-state index in [0.717, 1.165) is 59.0 Å². The Kier molecular flexibility index (Phi) is 4.09. The van der Waals surface area contributed by atoms with Gasteiger partial charge in [-0.1, -0.05) is 0 Å². The van der Waals surface area contributed by atoms with Gasteiger partial charge in [0.2, 0.25) is 0 Å². The van der Waals surface area contributed by atoms with Crippen LogP contribution in [0.3, 0.4) is 0 Å². The van der Waals surface area contributed by atoms with Gasteiger partial charge in [0.15, 0.2) is 11.6 Å². The summed E-state index contributed by atoms with van der Waals surface area (Å²) >= 11 is 0. The molecular weight excluding hydrogens is 355 g/mol. The number of carbonyl (C=O) groups is 2. The molecule has 4 nitrogen and oxygen atoms in total. The van der Waals surface area contributed by atoms with E-state index >= 15 is 0 Å². The fraction of sp³-hybridized carbons (Fsp3) is 0.391. The highest BCUT2D eigenvalue weighted by Gasteiger charge is 2.26. The monoisotopic (exact) mass is 378 g/mol. The van der Waals surface area contributed by atoms with Crippen molar-refractivity contribution in [2.24, 2.45) is 0 Å². The number of fused-ring (bicyclic) bond motifs is 5. The summed E-state index contributed by atoms with van der Waals surface area (Å²) < 4.78 is 15.8. The third-order valence-corrected chi connectivity index (χ3v) is 6.30. The Morgan fingerprint density at radius 3 is 2.71 bits per heavy atom. The predicted molar refractivity (Wildman–Crippen MR) is 108 cm³/mol. The first-order valence-electron chi connectivity index (χ1n) is 10.0. The number of aromatic nitrogens is 1. The number of rotatable bonds is 4. The van der Waals surface area contributed by atoms with E-state index in [1.54, 1.807) is 6.92 Å². The number of aryl methyl sites for hydroxylation is 1. The van der Waals surface area contributed by atoms with Crippen molar-refractivity contribution in [3.8, 4) is 0 Å². The molecule has 28 heavy (non-hydrogen) atoms. The molecule has 0 spiro atoms. The van der Waals surface area contributed by atoms with Gasteiger partial charge in [-0.15, -0.1) is 0 Å². The van der Waals surface area contributed by atoms with Gasteiger partial charge in [-0.25, -0.2) is 4.39 Å². The van der Waals surface area contributed by atoms with Gasteiger partial charge in [0.05, 0.1) is 0 Å². The van der Waals surface area contributed by atoms with E-state index in [0.29, 0.717) is 24.9 Å². The largest absolute Gasteiger partial charge is 0.339 e. The zero-order chi connectivity index (χ0) is 19.4. The number of hydrogen-bond donors (Lipinski definition) is 0. The summed E-state index contributed by atoms with van der Waals surface area (Å²) in [6, 6.07) is 9.83. The second kappa shape index (κ2) is 6.52. The number of Topliss-reactive ketones (excluding diaryl/α,β-unsaturated/α-hetero) is 2. The van der Waals surface area contributed by atoms with Gasteiger partial charge in [-0.3, -0.25) is 14.5 Å². The van der Waals surface area contributed by atoms with Crippen molar-refractivity contribution in [3.63, 3.8) is 0 Å². The number of benzene rings is 2. The average Bonchev–Trinajstić information content (AvgIpc) is 3.35. The molecule has 1 fully saturated rings. The Hall–Kier alpha value is -2.53. The second-order valence-electron chi connectivity index (χ2n) is 8.04. The molecule has 3 aromatic rings. The normalized spacial score (nSPS) is 19.8. The molecule has 1 aliphatic heterocycles. The van der Waals surface area contributed by atoms with Crippen LogP contribution in [0.25, 0.3) is 21.8 Å². The van der Waals surface area contributed by atoms with E-state index in [-0.39, 0.29) is 11.6 Å². The van der Waals surface area contributed by atoms with Crippen LogP contribution in [0.15, 0.2) is 30.3 Å². The highest BCUT2D eigenvalue weighted by atomic mass is 19.1. The molecular formula is C23H23FN2O2. The number of ketones is 2. The summed E-state index contributed by atoms with van der Waals surface area (Å²) in [6.07, 6.45) is 1.21. The molecule has 1 aromatic heterocycles. The van der Waals surface area contributed by atoms with Crippen molar-refractivity contribution in [1.82, 2.24) is 9.47 Å². The first kappa shape index (κ1) is 17.6. The molecule has 0 N–H and O–H groups in total. The molecule has 0 amide bonds. The number of alkyl halides is 1. The molecule has 1 aliphatic carbocycles. The first-order chi connectivity index (χ1) is 13.5. The number of likely N-dealkylation sites (tertiary alicyclic amines) is 1. The SMILES string of the molecule is CC(=O)c1ccc2c(c1)c1c3c(ccc1n2CCN1CC[C@H](F)C1)C(=O)CC3. The lowest BCUT2D eigenvalue weighted by molar-refractivity contribution is 0.0991. The Bertz CT molecular complexity index is 1130. The molecule has 0 unspecified atom stereocenters. The fourth-order valence-electron chi connectivity index (χ4n) is 4.85. The summed E-state index contributed by atoms with van der Waals surface area (Å²) in [5, 5.41) is 2.14. The summed E-state index contributed by atoms with van der Waals surface area (Å²) in [6.45, 7) is 4.45. The standard InChI is InChI=1S/C23H23FN2O2/c1-14(27)15-2-5-20-19(12-15)23-18-4-7-22(28)17(18)3-6-21(23)26(20)11-10-25-9-8-16(24)13-25/h2-3,5-6,12,16H,4,7-11,13H2,1H3/t16-/m0/s1. The van der Waals surface area contributed by atoms with Gasteiger partial charge in [-0.05, 0) is 55.7 Å². The second-order valence-corrected chi connectivity index (χ2v) is 8.04. The molecule has 2 aromatic carbocycles. The van der Waals surface area contributed by atoms with E-state index in [9.17, 15) is 14.0 Å². The highest BCUT2D eigenvalue weighted by molar-refractivity contribution is 6.16. The van der Waals surface area contributed by atoms with Crippen LogP contribution in [0.1, 0.15) is 46.0 Å². The third kappa shape index (κ3) is 2.68. The van der Waals surface area contributed by atoms with Crippen LogP contribution in [0.2, 0.25) is 0 Å². The smallest absolute Gasteiger partial charge is 0.163 e. The number of nitrogens with zero attached hydrogens (tertiary/aromatic N) is 2. The van der Waals surface area contributed by atoms with Crippen LogP contribution < -0.4 is 0 Å². The van der Waals surface area contributed by atoms with Crippen LogP contribution in [0, 0.1) is 0 Å². The summed E-state index contributed by atoms with van der Waals surface area (Å²) in [5.41, 5.74) is 4.79. The van der Waals surface area contributed by atoms with Gasteiger partial charge in [-0.2, -0.15) is 0 Å². The van der Waals surface area contributed by atoms with Crippen LogP contribution in [-0.4, -0.2) is 46.8 Å². The van der Waals surface area contributed by atoms with E-state index in [1.807, 2.05) is 30.3 Å². The zero-order valence-corrected chi connectivity index (χ0v) is 16.0. The molecule has 0 bridgehead atoms. The van der Waals surface area contributed by atoms with E-state index in [4.69, 9.17) is 0 Å². The molecule has 144 valence electrons. The molecule has 2 heterocycles. The number of hydrogen-bond acceptors (Lipinski definition) is 3. The summed E-state index contributed by atoms with van der Waals surface area (Å²) in [5.74, 6) is 0.240. The highest BCUT2D eigenvalue weighted by Crippen LogP contribution is 2.37.